The second-order valence-electron chi connectivity index (χ2n) is 8.14. The molecule has 0 aliphatic heterocycles. The molecule has 0 bridgehead atoms. The van der Waals surface area contributed by atoms with Crippen molar-refractivity contribution in [3.05, 3.63) is 0 Å². The average Bonchev–Trinajstić information content (AvgIpc) is 2.72. The molecule has 0 spiro atoms. The minimum Gasteiger partial charge on any atom is -0.481 e. The molecule has 14 heteroatoms. The number of nitrogens with two attached hydrogens (primary N) is 2. The first-order valence-corrected chi connectivity index (χ1v) is 12.1. The SMILES string of the molecule is CSCCC(N)C(=O)NC(CC(N)=O)C(=O)NC(CC(C)C)C(=O)NC(CCC(=O)O)C(=O)O. The molecule has 34 heavy (non-hydrogen) atoms. The van der Waals surface area contributed by atoms with E-state index >= 15 is 0 Å². The summed E-state index contributed by atoms with van der Waals surface area (Å²) in [6, 6.07) is -5.01. The Hall–Kier alpha value is -2.87. The molecule has 9 N–H and O–H groups in total. The first kappa shape index (κ1) is 31.1. The Morgan fingerprint density at radius 3 is 1.85 bits per heavy atom. The minimum absolute atomic E-state index is 0.104. The van der Waals surface area contributed by atoms with Gasteiger partial charge in [0.1, 0.15) is 18.1 Å². The Labute approximate surface area is 202 Å². The number of amides is 4. The van der Waals surface area contributed by atoms with Crippen LogP contribution in [0.4, 0.5) is 0 Å². The molecule has 0 aliphatic rings. The summed E-state index contributed by atoms with van der Waals surface area (Å²) in [5.74, 6) is -5.42. The third kappa shape index (κ3) is 13.0. The zero-order chi connectivity index (χ0) is 26.4. The molecule has 0 aliphatic carbocycles. The van der Waals surface area contributed by atoms with Crippen LogP contribution in [0.2, 0.25) is 0 Å². The van der Waals surface area contributed by atoms with E-state index in [1.54, 1.807) is 13.8 Å². The van der Waals surface area contributed by atoms with Crippen LogP contribution in [0.3, 0.4) is 0 Å². The average molecular weight is 506 g/mol. The zero-order valence-electron chi connectivity index (χ0n) is 19.5. The third-order valence-corrected chi connectivity index (χ3v) is 5.25. The van der Waals surface area contributed by atoms with Gasteiger partial charge in [-0.25, -0.2) is 4.79 Å². The molecule has 0 aromatic heterocycles. The van der Waals surface area contributed by atoms with Crippen molar-refractivity contribution in [3.63, 3.8) is 0 Å². The van der Waals surface area contributed by atoms with Crippen molar-refractivity contribution < 1.29 is 39.0 Å². The van der Waals surface area contributed by atoms with Crippen LogP contribution >= 0.6 is 11.8 Å². The van der Waals surface area contributed by atoms with Crippen molar-refractivity contribution in [2.24, 2.45) is 17.4 Å². The number of thioether (sulfide) groups is 1. The molecule has 0 fully saturated rings. The number of aliphatic carboxylic acids is 2. The largest absolute Gasteiger partial charge is 0.481 e. The van der Waals surface area contributed by atoms with E-state index < -0.39 is 72.6 Å². The van der Waals surface area contributed by atoms with Crippen LogP contribution in [-0.4, -0.2) is 82.0 Å². The Morgan fingerprint density at radius 1 is 0.853 bits per heavy atom. The van der Waals surface area contributed by atoms with Crippen LogP contribution < -0.4 is 27.4 Å². The highest BCUT2D eigenvalue weighted by Gasteiger charge is 2.31. The van der Waals surface area contributed by atoms with Gasteiger partial charge >= 0.3 is 11.9 Å². The third-order valence-electron chi connectivity index (χ3n) is 4.61. The summed E-state index contributed by atoms with van der Waals surface area (Å²) in [7, 11) is 0. The van der Waals surface area contributed by atoms with Gasteiger partial charge < -0.3 is 37.6 Å². The van der Waals surface area contributed by atoms with E-state index in [0.717, 1.165) is 0 Å². The molecule has 0 heterocycles. The number of carboxylic acids is 2. The van der Waals surface area contributed by atoms with E-state index in [2.05, 4.69) is 16.0 Å². The van der Waals surface area contributed by atoms with E-state index in [4.69, 9.17) is 16.6 Å². The van der Waals surface area contributed by atoms with Gasteiger partial charge in [-0.2, -0.15) is 11.8 Å². The minimum atomic E-state index is -1.48. The monoisotopic (exact) mass is 505 g/mol. The van der Waals surface area contributed by atoms with Crippen LogP contribution in [0, 0.1) is 5.92 Å². The zero-order valence-corrected chi connectivity index (χ0v) is 20.4. The maximum atomic E-state index is 12.8. The van der Waals surface area contributed by atoms with Gasteiger partial charge in [-0.05, 0) is 37.2 Å². The molecule has 0 rings (SSSR count). The van der Waals surface area contributed by atoms with Crippen LogP contribution in [0.25, 0.3) is 0 Å². The fraction of sp³-hybridized carbons (Fsp3) is 0.700. The lowest BCUT2D eigenvalue weighted by molar-refractivity contribution is -0.143. The molecule has 194 valence electrons. The summed E-state index contributed by atoms with van der Waals surface area (Å²) in [5.41, 5.74) is 11.0. The lowest BCUT2D eigenvalue weighted by Gasteiger charge is -2.25. The van der Waals surface area contributed by atoms with Gasteiger partial charge in [0.05, 0.1) is 12.5 Å². The molecule has 13 nitrogen and oxygen atoms in total. The van der Waals surface area contributed by atoms with Crippen molar-refractivity contribution in [2.75, 3.05) is 12.0 Å². The summed E-state index contributed by atoms with van der Waals surface area (Å²) in [6.45, 7) is 3.53. The number of carbonyl (C=O) groups excluding carboxylic acids is 4. The van der Waals surface area contributed by atoms with Gasteiger partial charge in [0.15, 0.2) is 0 Å². The normalized spacial score (nSPS) is 14.4. The van der Waals surface area contributed by atoms with Crippen molar-refractivity contribution in [3.8, 4) is 0 Å². The van der Waals surface area contributed by atoms with E-state index in [9.17, 15) is 33.9 Å². The molecule has 0 radical (unpaired) electrons. The van der Waals surface area contributed by atoms with E-state index in [0.29, 0.717) is 12.2 Å². The maximum Gasteiger partial charge on any atom is 0.326 e. The Kier molecular flexibility index (Phi) is 14.5. The number of hydrogen-bond acceptors (Lipinski definition) is 8. The summed E-state index contributed by atoms with van der Waals surface area (Å²) < 4.78 is 0. The Morgan fingerprint density at radius 2 is 1.38 bits per heavy atom. The fourth-order valence-electron chi connectivity index (χ4n) is 2.84. The number of rotatable bonds is 17. The predicted octanol–water partition coefficient (Wildman–Crippen LogP) is -1.61. The number of nitrogens with one attached hydrogen (secondary N) is 3. The van der Waals surface area contributed by atoms with Gasteiger partial charge in [-0.1, -0.05) is 13.8 Å². The highest BCUT2D eigenvalue weighted by molar-refractivity contribution is 7.98. The Balaban J connectivity index is 5.48. The van der Waals surface area contributed by atoms with Gasteiger partial charge in [-0.3, -0.25) is 24.0 Å². The maximum absolute atomic E-state index is 12.8. The number of primary amides is 1. The smallest absolute Gasteiger partial charge is 0.326 e. The molecular formula is C20H35N5O8S. The summed E-state index contributed by atoms with van der Waals surface area (Å²) in [6.07, 6.45) is 0.898. The molecule has 0 aromatic rings. The molecule has 0 saturated carbocycles. The quantitative estimate of drug-likeness (QED) is 0.119. The van der Waals surface area contributed by atoms with Crippen LogP contribution in [0.15, 0.2) is 0 Å². The molecular weight excluding hydrogens is 470 g/mol. The standard InChI is InChI=1S/C20H35N5O8S/c1-10(2)8-13(18(30)23-12(20(32)33)4-5-16(27)28)25-19(31)14(9-15(22)26)24-17(29)11(21)6-7-34-3/h10-14H,4-9,21H2,1-3H3,(H2,22,26)(H,23,30)(H,24,29)(H,25,31)(H,27,28)(H,32,33). The summed E-state index contributed by atoms with van der Waals surface area (Å²) in [4.78, 5) is 71.5. The fourth-order valence-corrected chi connectivity index (χ4v) is 3.33. The van der Waals surface area contributed by atoms with Gasteiger partial charge in [0.2, 0.25) is 23.6 Å². The number of hydrogen-bond donors (Lipinski definition) is 7. The van der Waals surface area contributed by atoms with Crippen LogP contribution in [0.5, 0.6) is 0 Å². The summed E-state index contributed by atoms with van der Waals surface area (Å²) >= 11 is 1.48. The second-order valence-corrected chi connectivity index (χ2v) is 9.13. The highest BCUT2D eigenvalue weighted by atomic mass is 32.2. The molecule has 0 saturated heterocycles. The van der Waals surface area contributed by atoms with Crippen LogP contribution in [0.1, 0.15) is 46.0 Å². The molecule has 4 amide bonds. The van der Waals surface area contributed by atoms with Gasteiger partial charge in [0, 0.05) is 6.42 Å². The molecule has 4 unspecified atom stereocenters. The van der Waals surface area contributed by atoms with Crippen molar-refractivity contribution in [1.82, 2.24) is 16.0 Å². The number of carboxylic acid groups (broad SMARTS) is 2. The van der Waals surface area contributed by atoms with Crippen molar-refractivity contribution in [2.45, 2.75) is 70.1 Å². The van der Waals surface area contributed by atoms with E-state index in [-0.39, 0.29) is 18.8 Å². The number of carbonyl (C=O) groups is 6. The topological polar surface area (TPSA) is 231 Å². The van der Waals surface area contributed by atoms with Gasteiger partial charge in [-0.15, -0.1) is 0 Å². The first-order chi connectivity index (χ1) is 15.8. The lowest BCUT2D eigenvalue weighted by Crippen LogP contribution is -2.58. The van der Waals surface area contributed by atoms with Crippen molar-refractivity contribution >= 4 is 47.3 Å². The predicted molar refractivity (Wildman–Crippen MR) is 125 cm³/mol. The highest BCUT2D eigenvalue weighted by Crippen LogP contribution is 2.08. The van der Waals surface area contributed by atoms with E-state index in [1.165, 1.54) is 11.8 Å². The van der Waals surface area contributed by atoms with Crippen LogP contribution in [-0.2, 0) is 28.8 Å². The Bertz CT molecular complexity index is 748. The van der Waals surface area contributed by atoms with E-state index in [1.807, 2.05) is 6.26 Å². The summed E-state index contributed by atoms with van der Waals surface area (Å²) in [5, 5.41) is 25.1. The first-order valence-electron chi connectivity index (χ1n) is 10.7. The molecule has 0 aromatic carbocycles. The van der Waals surface area contributed by atoms with Gasteiger partial charge in [0.25, 0.3) is 0 Å². The molecule has 4 atom stereocenters. The second kappa shape index (κ2) is 15.9. The van der Waals surface area contributed by atoms with Crippen molar-refractivity contribution in [1.29, 1.82) is 0 Å². The lowest BCUT2D eigenvalue weighted by atomic mass is 10.0.